The van der Waals surface area contributed by atoms with Gasteiger partial charge < -0.3 is 4.43 Å². The standard InChI is InChI=1S/C29H47NO3SSi/c1-8-12-22-27(31)29(34(32,30-7)24-18-14-13-15-19-24)26-21-17-16-20-25(26)28(23(5)6)33-35(9-2,10-3)11-4/h8,13-15,18-19,23,25,28H,1,9-12,16-17,20-22H2,2-7H3/b29-26+/t25-,28+,34-/m1/s1. The predicted octanol–water partition coefficient (Wildman–Crippen LogP) is 8.17. The van der Waals surface area contributed by atoms with E-state index in [4.69, 9.17) is 4.43 Å². The Morgan fingerprint density at radius 3 is 2.31 bits per heavy atom. The number of Topliss-reactive ketones (excluding diaryl/α,β-unsaturated/α-hetero) is 1. The number of hydrogen-bond donors (Lipinski definition) is 0. The van der Waals surface area contributed by atoms with Crippen molar-refractivity contribution < 1.29 is 13.4 Å². The van der Waals surface area contributed by atoms with Gasteiger partial charge in [0.25, 0.3) is 0 Å². The number of ketones is 1. The van der Waals surface area contributed by atoms with E-state index >= 15 is 0 Å². The zero-order valence-corrected chi connectivity index (χ0v) is 24.7. The van der Waals surface area contributed by atoms with Gasteiger partial charge in [0.1, 0.15) is 9.73 Å². The topological polar surface area (TPSA) is 55.7 Å². The van der Waals surface area contributed by atoms with E-state index in [1.807, 2.05) is 30.3 Å². The molecule has 0 heterocycles. The predicted molar refractivity (Wildman–Crippen MR) is 152 cm³/mol. The quantitative estimate of drug-likeness (QED) is 0.151. The van der Waals surface area contributed by atoms with E-state index in [1.165, 1.54) is 0 Å². The number of benzene rings is 1. The van der Waals surface area contributed by atoms with Crippen LogP contribution in [0.1, 0.15) is 73.1 Å². The third kappa shape index (κ3) is 6.84. The van der Waals surface area contributed by atoms with E-state index in [9.17, 15) is 9.00 Å². The van der Waals surface area contributed by atoms with Crippen LogP contribution in [0.2, 0.25) is 18.1 Å². The number of carbonyl (C=O) groups is 1. The van der Waals surface area contributed by atoms with Crippen LogP contribution >= 0.6 is 0 Å². The molecule has 0 unspecified atom stereocenters. The Morgan fingerprint density at radius 1 is 1.17 bits per heavy atom. The molecule has 0 bridgehead atoms. The molecule has 1 fully saturated rings. The van der Waals surface area contributed by atoms with Gasteiger partial charge in [-0.1, -0.05) is 65.3 Å². The van der Waals surface area contributed by atoms with Crippen molar-refractivity contribution in [1.29, 1.82) is 0 Å². The molecule has 3 atom stereocenters. The average Bonchev–Trinajstić information content (AvgIpc) is 2.89. The maximum absolute atomic E-state index is 14.6. The Hall–Kier alpha value is -1.50. The summed E-state index contributed by atoms with van der Waals surface area (Å²) in [6, 6.07) is 12.6. The Bertz CT molecular complexity index is 980. The molecule has 0 aliphatic heterocycles. The number of nitrogens with zero attached hydrogens (tertiary/aromatic N) is 1. The first-order valence-corrected chi connectivity index (χ1v) is 17.5. The van der Waals surface area contributed by atoms with Gasteiger partial charge in [0, 0.05) is 19.4 Å². The summed E-state index contributed by atoms with van der Waals surface area (Å²) in [6.07, 6.45) is 6.50. The Balaban J connectivity index is 2.77. The smallest absolute Gasteiger partial charge is 0.192 e. The van der Waals surface area contributed by atoms with E-state index in [1.54, 1.807) is 13.1 Å². The molecule has 4 nitrogen and oxygen atoms in total. The van der Waals surface area contributed by atoms with E-state index in [0.29, 0.717) is 28.6 Å². The number of allylic oxidation sites excluding steroid dienone is 2. The lowest BCUT2D eigenvalue weighted by atomic mass is 9.77. The van der Waals surface area contributed by atoms with Crippen molar-refractivity contribution in [3.63, 3.8) is 0 Å². The zero-order valence-electron chi connectivity index (χ0n) is 22.8. The molecule has 1 aliphatic carbocycles. The fraction of sp³-hybridized carbons (Fsp3) is 0.621. The normalized spacial score (nSPS) is 20.7. The van der Waals surface area contributed by atoms with Gasteiger partial charge >= 0.3 is 0 Å². The summed E-state index contributed by atoms with van der Waals surface area (Å²) >= 11 is 0. The van der Waals surface area contributed by atoms with Crippen molar-refractivity contribution in [1.82, 2.24) is 0 Å². The minimum Gasteiger partial charge on any atom is -0.413 e. The van der Waals surface area contributed by atoms with Crippen LogP contribution < -0.4 is 0 Å². The molecule has 1 aromatic rings. The molecule has 1 aliphatic rings. The summed E-state index contributed by atoms with van der Waals surface area (Å²) in [7, 11) is -3.33. The fourth-order valence-electron chi connectivity index (χ4n) is 5.43. The first kappa shape index (κ1) is 29.7. The van der Waals surface area contributed by atoms with Crippen molar-refractivity contribution >= 4 is 23.8 Å². The van der Waals surface area contributed by atoms with E-state index < -0.39 is 18.0 Å². The SMILES string of the molecule is C=CCCC(=O)/C(=C1/CCCC[C@H]1[C@@H](O[Si](CC)(CC)CC)C(C)C)[S@@](=O)(=NC)c1ccccc1. The molecule has 6 heteroatoms. The van der Waals surface area contributed by atoms with Crippen LogP contribution in [0.5, 0.6) is 0 Å². The third-order valence-electron chi connectivity index (χ3n) is 7.75. The van der Waals surface area contributed by atoms with Gasteiger partial charge in [0.05, 0.1) is 15.9 Å². The summed E-state index contributed by atoms with van der Waals surface area (Å²) in [5.74, 6) is 0.341. The van der Waals surface area contributed by atoms with Gasteiger partial charge in [-0.3, -0.25) is 4.79 Å². The highest BCUT2D eigenvalue weighted by Gasteiger charge is 2.41. The van der Waals surface area contributed by atoms with Gasteiger partial charge in [0.2, 0.25) is 0 Å². The highest BCUT2D eigenvalue weighted by molar-refractivity contribution is 7.98. The van der Waals surface area contributed by atoms with Crippen LogP contribution in [0.25, 0.3) is 0 Å². The summed E-state index contributed by atoms with van der Waals surface area (Å²) in [5, 5.41) is 0. The number of carbonyl (C=O) groups excluding carboxylic acids is 1. The first-order chi connectivity index (χ1) is 16.7. The van der Waals surface area contributed by atoms with Crippen molar-refractivity contribution in [2.45, 2.75) is 102 Å². The van der Waals surface area contributed by atoms with Crippen molar-refractivity contribution in [3.8, 4) is 0 Å². The fourth-order valence-corrected chi connectivity index (χ4v) is 10.6. The van der Waals surface area contributed by atoms with Crippen LogP contribution in [0, 0.1) is 11.8 Å². The number of rotatable bonds is 13. The van der Waals surface area contributed by atoms with Crippen LogP contribution in [0.4, 0.5) is 0 Å². The lowest BCUT2D eigenvalue weighted by molar-refractivity contribution is -0.115. The average molecular weight is 518 g/mol. The molecule has 0 spiro atoms. The molecule has 1 saturated carbocycles. The van der Waals surface area contributed by atoms with Crippen LogP contribution in [0.15, 0.2) is 62.7 Å². The van der Waals surface area contributed by atoms with Crippen molar-refractivity contribution in [3.05, 3.63) is 53.5 Å². The van der Waals surface area contributed by atoms with E-state index in [0.717, 1.165) is 49.4 Å². The Labute approximate surface area is 215 Å². The van der Waals surface area contributed by atoms with Crippen LogP contribution in [0.3, 0.4) is 0 Å². The lowest BCUT2D eigenvalue weighted by Crippen LogP contribution is -2.45. The number of hydrogen-bond acceptors (Lipinski definition) is 4. The van der Waals surface area contributed by atoms with Crippen molar-refractivity contribution in [2.24, 2.45) is 16.2 Å². The van der Waals surface area contributed by atoms with Gasteiger partial charge in [-0.2, -0.15) is 0 Å². The molecule has 2 rings (SSSR count). The Kier molecular flexibility index (Phi) is 11.6. The molecule has 35 heavy (non-hydrogen) atoms. The minimum atomic E-state index is -3.05. The summed E-state index contributed by atoms with van der Waals surface area (Å²) < 4.78 is 26.2. The van der Waals surface area contributed by atoms with Gasteiger partial charge in [-0.25, -0.2) is 8.57 Å². The zero-order chi connectivity index (χ0) is 26.1. The second kappa shape index (κ2) is 13.7. The highest BCUT2D eigenvalue weighted by atomic mass is 32.2. The lowest BCUT2D eigenvalue weighted by Gasteiger charge is -2.42. The molecule has 0 N–H and O–H groups in total. The molecule has 0 saturated heterocycles. The summed E-state index contributed by atoms with van der Waals surface area (Å²) in [6.45, 7) is 15.0. The maximum atomic E-state index is 14.6. The monoisotopic (exact) mass is 517 g/mol. The van der Waals surface area contributed by atoms with Crippen LogP contribution in [-0.4, -0.2) is 31.5 Å². The van der Waals surface area contributed by atoms with Crippen LogP contribution in [-0.2, 0) is 18.9 Å². The van der Waals surface area contributed by atoms with Gasteiger partial charge in [-0.15, -0.1) is 6.58 Å². The molecular formula is C29H47NO3SSi. The summed E-state index contributed by atoms with van der Waals surface area (Å²) in [5.41, 5.74) is 1.04. The second-order valence-corrected chi connectivity index (χ2v) is 17.1. The first-order valence-electron chi connectivity index (χ1n) is 13.5. The molecular weight excluding hydrogens is 470 g/mol. The Morgan fingerprint density at radius 2 is 1.80 bits per heavy atom. The largest absolute Gasteiger partial charge is 0.413 e. The van der Waals surface area contributed by atoms with E-state index in [-0.39, 0.29) is 17.8 Å². The molecule has 1 aromatic carbocycles. The molecule has 0 aromatic heterocycles. The van der Waals surface area contributed by atoms with E-state index in [2.05, 4.69) is 45.6 Å². The van der Waals surface area contributed by atoms with Gasteiger partial charge in [0.15, 0.2) is 14.1 Å². The van der Waals surface area contributed by atoms with Crippen molar-refractivity contribution in [2.75, 3.05) is 7.05 Å². The van der Waals surface area contributed by atoms with Gasteiger partial charge in [-0.05, 0) is 67.4 Å². The highest BCUT2D eigenvalue weighted by Crippen LogP contribution is 2.42. The molecule has 0 amide bonds. The second-order valence-electron chi connectivity index (χ2n) is 10.0. The summed E-state index contributed by atoms with van der Waals surface area (Å²) in [4.78, 5) is 14.9. The third-order valence-corrected chi connectivity index (χ3v) is 14.9. The molecule has 0 radical (unpaired) electrons. The molecule has 196 valence electrons. The minimum absolute atomic E-state index is 0.0234. The maximum Gasteiger partial charge on any atom is 0.192 e.